The zero-order chi connectivity index (χ0) is 14.5. The summed E-state index contributed by atoms with van der Waals surface area (Å²) in [5.74, 6) is 0. The van der Waals surface area contributed by atoms with E-state index in [4.69, 9.17) is 0 Å². The fourth-order valence-electron chi connectivity index (χ4n) is 2.54. The van der Waals surface area contributed by atoms with E-state index >= 15 is 0 Å². The van der Waals surface area contributed by atoms with Crippen LogP contribution in [-0.2, 0) is 10.2 Å². The van der Waals surface area contributed by atoms with E-state index in [-0.39, 0.29) is 11.5 Å². The Labute approximate surface area is 118 Å². The minimum Gasteiger partial charge on any atom is -0.317 e. The quantitative estimate of drug-likeness (QED) is 0.663. The molecule has 2 N–H and O–H groups in total. The van der Waals surface area contributed by atoms with Gasteiger partial charge in [-0.15, -0.1) is 0 Å². The van der Waals surface area contributed by atoms with Crippen LogP contribution in [0.5, 0.6) is 0 Å². The first-order valence-electron chi connectivity index (χ1n) is 7.24. The monoisotopic (exact) mass is 291 g/mol. The van der Waals surface area contributed by atoms with Crippen molar-refractivity contribution in [2.75, 3.05) is 26.7 Å². The maximum atomic E-state index is 12.2. The third kappa shape index (κ3) is 5.02. The normalized spacial score (nSPS) is 23.1. The van der Waals surface area contributed by atoms with Crippen molar-refractivity contribution >= 4 is 10.2 Å². The van der Waals surface area contributed by atoms with E-state index in [0.29, 0.717) is 6.54 Å². The lowest BCUT2D eigenvalue weighted by Gasteiger charge is -2.29. The molecule has 1 aliphatic rings. The largest absolute Gasteiger partial charge is 0.317 e. The third-order valence-corrected chi connectivity index (χ3v) is 5.62. The smallest absolute Gasteiger partial charge is 0.279 e. The van der Waals surface area contributed by atoms with Crippen LogP contribution < -0.4 is 10.0 Å². The van der Waals surface area contributed by atoms with E-state index in [1.165, 1.54) is 4.31 Å². The average molecular weight is 291 g/mol. The van der Waals surface area contributed by atoms with Crippen molar-refractivity contribution in [1.82, 2.24) is 14.3 Å². The van der Waals surface area contributed by atoms with Gasteiger partial charge in [0.15, 0.2) is 0 Å². The van der Waals surface area contributed by atoms with Crippen molar-refractivity contribution in [3.63, 3.8) is 0 Å². The molecule has 0 aliphatic heterocycles. The van der Waals surface area contributed by atoms with Crippen molar-refractivity contribution in [2.24, 2.45) is 5.41 Å². The summed E-state index contributed by atoms with van der Waals surface area (Å²) in [4.78, 5) is 0. The Bertz CT molecular complexity index is 368. The summed E-state index contributed by atoms with van der Waals surface area (Å²) in [7, 11) is -1.70. The van der Waals surface area contributed by atoms with Gasteiger partial charge in [-0.05, 0) is 37.8 Å². The van der Waals surface area contributed by atoms with Gasteiger partial charge in [-0.25, -0.2) is 0 Å². The molecule has 0 bridgehead atoms. The predicted molar refractivity (Wildman–Crippen MR) is 79.3 cm³/mol. The summed E-state index contributed by atoms with van der Waals surface area (Å²) in [6, 6.07) is 0.0636. The highest BCUT2D eigenvalue weighted by molar-refractivity contribution is 7.87. The van der Waals surface area contributed by atoms with Crippen LogP contribution in [-0.4, -0.2) is 45.4 Å². The van der Waals surface area contributed by atoms with E-state index in [2.05, 4.69) is 23.9 Å². The summed E-state index contributed by atoms with van der Waals surface area (Å²) >= 11 is 0. The first kappa shape index (κ1) is 16.9. The maximum absolute atomic E-state index is 12.2. The van der Waals surface area contributed by atoms with Crippen molar-refractivity contribution in [3.05, 3.63) is 0 Å². The van der Waals surface area contributed by atoms with Gasteiger partial charge in [-0.1, -0.05) is 27.2 Å². The molecule has 19 heavy (non-hydrogen) atoms. The van der Waals surface area contributed by atoms with Gasteiger partial charge in [0.05, 0.1) is 0 Å². The Kier molecular flexibility index (Phi) is 6.23. The molecule has 1 rings (SSSR count). The Morgan fingerprint density at radius 1 is 1.37 bits per heavy atom. The number of nitrogens with zero attached hydrogens (tertiary/aromatic N) is 1. The third-order valence-electron chi connectivity index (χ3n) is 4.04. The lowest BCUT2D eigenvalue weighted by atomic mass is 9.88. The topological polar surface area (TPSA) is 61.4 Å². The number of rotatable bonds is 8. The van der Waals surface area contributed by atoms with Crippen LogP contribution >= 0.6 is 0 Å². The summed E-state index contributed by atoms with van der Waals surface area (Å²) in [6.07, 6.45) is 3.96. The van der Waals surface area contributed by atoms with Crippen LogP contribution in [0.25, 0.3) is 0 Å². The highest BCUT2D eigenvalue weighted by Crippen LogP contribution is 2.37. The first-order chi connectivity index (χ1) is 8.79. The van der Waals surface area contributed by atoms with Gasteiger partial charge in [0, 0.05) is 19.6 Å². The van der Waals surface area contributed by atoms with Crippen LogP contribution in [0.2, 0.25) is 0 Å². The van der Waals surface area contributed by atoms with Gasteiger partial charge in [0.25, 0.3) is 10.2 Å². The van der Waals surface area contributed by atoms with E-state index in [0.717, 1.165) is 38.8 Å². The molecule has 1 fully saturated rings. The molecular formula is C13H29N3O2S. The van der Waals surface area contributed by atoms with Gasteiger partial charge in [0.1, 0.15) is 0 Å². The van der Waals surface area contributed by atoms with Crippen LogP contribution in [0.4, 0.5) is 0 Å². The summed E-state index contributed by atoms with van der Waals surface area (Å²) in [6.45, 7) is 8.65. The Morgan fingerprint density at radius 3 is 2.58 bits per heavy atom. The minimum absolute atomic E-state index is 0.0636. The maximum Gasteiger partial charge on any atom is 0.279 e. The van der Waals surface area contributed by atoms with E-state index in [9.17, 15) is 8.42 Å². The van der Waals surface area contributed by atoms with Crippen molar-refractivity contribution in [1.29, 1.82) is 0 Å². The Morgan fingerprint density at radius 2 is 2.05 bits per heavy atom. The zero-order valence-corrected chi connectivity index (χ0v) is 13.5. The van der Waals surface area contributed by atoms with Gasteiger partial charge < -0.3 is 5.32 Å². The molecular weight excluding hydrogens is 262 g/mol. The lowest BCUT2D eigenvalue weighted by molar-refractivity contribution is 0.306. The Hall–Kier alpha value is -0.170. The molecule has 1 atom stereocenters. The van der Waals surface area contributed by atoms with Crippen molar-refractivity contribution in [3.8, 4) is 0 Å². The van der Waals surface area contributed by atoms with Gasteiger partial charge in [-0.3, -0.25) is 0 Å². The number of hydrogen-bond acceptors (Lipinski definition) is 3. The molecule has 0 heterocycles. The molecule has 114 valence electrons. The molecule has 0 aromatic carbocycles. The molecule has 5 nitrogen and oxygen atoms in total. The zero-order valence-electron chi connectivity index (χ0n) is 12.7. The second-order valence-corrected chi connectivity index (χ2v) is 7.89. The molecule has 6 heteroatoms. The lowest BCUT2D eigenvalue weighted by Crippen LogP contribution is -2.47. The second kappa shape index (κ2) is 7.02. The van der Waals surface area contributed by atoms with Crippen molar-refractivity contribution in [2.45, 2.75) is 52.5 Å². The molecule has 0 aromatic heterocycles. The fraction of sp³-hybridized carbons (Fsp3) is 1.00. The SMILES string of the molecule is CCNCCCN(C)S(=O)(=O)NC1CCCC1(C)C. The predicted octanol–water partition coefficient (Wildman–Crippen LogP) is 1.33. The standard InChI is InChI=1S/C13H29N3O2S/c1-5-14-10-7-11-16(4)19(17,18)15-12-8-6-9-13(12,2)3/h12,14-15H,5-11H2,1-4H3. The minimum atomic E-state index is -3.35. The highest BCUT2D eigenvalue weighted by atomic mass is 32.2. The molecule has 0 amide bonds. The van der Waals surface area contributed by atoms with E-state index < -0.39 is 10.2 Å². The number of nitrogens with one attached hydrogen (secondary N) is 2. The van der Waals surface area contributed by atoms with E-state index in [1.807, 2.05) is 6.92 Å². The average Bonchev–Trinajstić information content (AvgIpc) is 2.63. The number of hydrogen-bond donors (Lipinski definition) is 2. The molecule has 0 aromatic rings. The molecule has 1 aliphatic carbocycles. The van der Waals surface area contributed by atoms with Crippen LogP contribution in [0, 0.1) is 5.41 Å². The molecule has 1 saturated carbocycles. The first-order valence-corrected chi connectivity index (χ1v) is 8.68. The molecule has 0 saturated heterocycles. The van der Waals surface area contributed by atoms with Crippen molar-refractivity contribution < 1.29 is 8.42 Å². The molecule has 0 radical (unpaired) electrons. The highest BCUT2D eigenvalue weighted by Gasteiger charge is 2.37. The van der Waals surface area contributed by atoms with Gasteiger partial charge in [0.2, 0.25) is 0 Å². The van der Waals surface area contributed by atoms with Crippen LogP contribution in [0.15, 0.2) is 0 Å². The summed E-state index contributed by atoms with van der Waals surface area (Å²) < 4.78 is 28.8. The summed E-state index contributed by atoms with van der Waals surface area (Å²) in [5, 5.41) is 3.20. The van der Waals surface area contributed by atoms with Gasteiger partial charge >= 0.3 is 0 Å². The van der Waals surface area contributed by atoms with E-state index in [1.54, 1.807) is 7.05 Å². The van der Waals surface area contributed by atoms with Crippen LogP contribution in [0.3, 0.4) is 0 Å². The van der Waals surface area contributed by atoms with Gasteiger partial charge in [-0.2, -0.15) is 17.4 Å². The summed E-state index contributed by atoms with van der Waals surface area (Å²) in [5.41, 5.74) is 0.0671. The van der Waals surface area contributed by atoms with Crippen LogP contribution in [0.1, 0.15) is 46.5 Å². The second-order valence-electron chi connectivity index (χ2n) is 6.08. The fourth-order valence-corrected chi connectivity index (χ4v) is 3.88. The molecule has 1 unspecified atom stereocenters. The molecule has 0 spiro atoms. The Balaban J connectivity index is 2.46.